The second-order valence-corrected chi connectivity index (χ2v) is 10.4. The van der Waals surface area contributed by atoms with Crippen molar-refractivity contribution in [1.82, 2.24) is 9.62 Å². The van der Waals surface area contributed by atoms with Gasteiger partial charge in [-0.1, -0.05) is 0 Å². The number of nitrogens with zero attached hydrogens (tertiary/aromatic N) is 1. The van der Waals surface area contributed by atoms with Crippen LogP contribution in [0.3, 0.4) is 0 Å². The van der Waals surface area contributed by atoms with Gasteiger partial charge < -0.3 is 14.4 Å². The first-order chi connectivity index (χ1) is 14.9. The molecule has 1 saturated carbocycles. The molecule has 2 unspecified atom stereocenters. The van der Waals surface area contributed by atoms with Crippen LogP contribution in [0.4, 0.5) is 17.6 Å². The van der Waals surface area contributed by atoms with Crippen molar-refractivity contribution in [1.29, 1.82) is 0 Å². The number of sulfonamides is 1. The van der Waals surface area contributed by atoms with Crippen molar-refractivity contribution in [2.75, 3.05) is 19.4 Å². The van der Waals surface area contributed by atoms with Gasteiger partial charge in [0.05, 0.1) is 25.0 Å². The summed E-state index contributed by atoms with van der Waals surface area (Å²) in [6.07, 6.45) is -1.75. The number of benzene rings is 1. The number of amides is 1. The Morgan fingerprint density at radius 2 is 1.81 bits per heavy atom. The van der Waals surface area contributed by atoms with Gasteiger partial charge in [0.2, 0.25) is 10.0 Å². The first kappa shape index (κ1) is 23.2. The van der Waals surface area contributed by atoms with Crippen molar-refractivity contribution >= 4 is 15.9 Å². The predicted molar refractivity (Wildman–Crippen MR) is 105 cm³/mol. The Kier molecular flexibility index (Phi) is 6.14. The number of alkyl halides is 2. The van der Waals surface area contributed by atoms with E-state index in [1.54, 1.807) is 0 Å². The number of hydrogen-bond acceptors (Lipinski definition) is 5. The summed E-state index contributed by atoms with van der Waals surface area (Å²) in [6.45, 7) is -0.300. The molecule has 178 valence electrons. The summed E-state index contributed by atoms with van der Waals surface area (Å²) in [5.74, 6) is -5.23. The molecule has 1 N–H and O–H groups in total. The van der Waals surface area contributed by atoms with E-state index < -0.39 is 57.4 Å². The van der Waals surface area contributed by atoms with Crippen LogP contribution in [0.25, 0.3) is 0 Å². The van der Waals surface area contributed by atoms with Crippen molar-refractivity contribution in [3.05, 3.63) is 29.3 Å². The molecule has 5 rings (SSSR count). The molecule has 12 heteroatoms. The standard InChI is InChI=1S/C20H24F4N2O5S/c1-32(28,29)25-16-6-7-26-17(16)10-30-13-4-2-11(3-5-13)14-8-12(21)9-15(22)18(14)31-20(23,24)19(26)27/h8-9,11,13,16-17,25H,2-7,10H2,1H3. The zero-order valence-electron chi connectivity index (χ0n) is 17.3. The Morgan fingerprint density at radius 3 is 2.47 bits per heavy atom. The Labute approximate surface area is 183 Å². The first-order valence-corrected chi connectivity index (χ1v) is 12.3. The van der Waals surface area contributed by atoms with Gasteiger partial charge in [-0.2, -0.15) is 8.78 Å². The summed E-state index contributed by atoms with van der Waals surface area (Å²) in [5.41, 5.74) is -0.0396. The molecule has 7 nitrogen and oxygen atoms in total. The maximum atomic E-state index is 14.9. The molecule has 32 heavy (non-hydrogen) atoms. The third-order valence-electron chi connectivity index (χ3n) is 6.31. The van der Waals surface area contributed by atoms with Gasteiger partial charge in [-0.25, -0.2) is 21.9 Å². The van der Waals surface area contributed by atoms with Crippen LogP contribution in [-0.4, -0.2) is 62.9 Å². The molecule has 1 aliphatic carbocycles. The number of carbonyl (C=O) groups excluding carboxylic acids is 1. The summed E-state index contributed by atoms with van der Waals surface area (Å²) >= 11 is 0. The number of ether oxygens (including phenoxy) is 2. The molecule has 2 atom stereocenters. The lowest BCUT2D eigenvalue weighted by Crippen LogP contribution is -2.54. The molecular weight excluding hydrogens is 456 g/mol. The summed E-state index contributed by atoms with van der Waals surface area (Å²) in [4.78, 5) is 13.6. The van der Waals surface area contributed by atoms with E-state index in [1.807, 2.05) is 0 Å². The molecule has 1 amide bonds. The summed E-state index contributed by atoms with van der Waals surface area (Å²) < 4.78 is 94.6. The van der Waals surface area contributed by atoms with Crippen molar-refractivity contribution in [2.45, 2.75) is 62.3 Å². The third-order valence-corrected chi connectivity index (χ3v) is 7.04. The summed E-state index contributed by atoms with van der Waals surface area (Å²) in [7, 11) is -3.67. The largest absolute Gasteiger partial charge is 0.482 e. The minimum Gasteiger partial charge on any atom is -0.422 e. The highest BCUT2D eigenvalue weighted by Crippen LogP contribution is 2.42. The molecule has 4 aliphatic rings. The van der Waals surface area contributed by atoms with Crippen LogP contribution >= 0.6 is 0 Å². The van der Waals surface area contributed by atoms with Gasteiger partial charge in [-0.05, 0) is 44.1 Å². The number of hydrogen-bond donors (Lipinski definition) is 1. The second-order valence-electron chi connectivity index (χ2n) is 8.58. The van der Waals surface area contributed by atoms with Crippen LogP contribution in [0.2, 0.25) is 0 Å². The first-order valence-electron chi connectivity index (χ1n) is 10.4. The van der Waals surface area contributed by atoms with Crippen LogP contribution in [0, 0.1) is 11.6 Å². The fraction of sp³-hybridized carbons (Fsp3) is 0.650. The number of rotatable bonds is 2. The lowest BCUT2D eigenvalue weighted by atomic mass is 9.82. The van der Waals surface area contributed by atoms with Gasteiger partial charge >= 0.3 is 12.0 Å². The van der Waals surface area contributed by atoms with Gasteiger partial charge in [0, 0.05) is 24.2 Å². The molecule has 2 bridgehead atoms. The molecule has 1 aromatic carbocycles. The summed E-state index contributed by atoms with van der Waals surface area (Å²) in [5, 5.41) is 0. The Hall–Kier alpha value is -1.92. The maximum Gasteiger partial charge on any atom is 0.482 e. The van der Waals surface area contributed by atoms with E-state index in [4.69, 9.17) is 4.74 Å². The Morgan fingerprint density at radius 1 is 1.12 bits per heavy atom. The normalized spacial score (nSPS) is 30.5. The van der Waals surface area contributed by atoms with Crippen LogP contribution in [0.1, 0.15) is 43.6 Å². The van der Waals surface area contributed by atoms with E-state index in [2.05, 4.69) is 9.46 Å². The van der Waals surface area contributed by atoms with Gasteiger partial charge in [0.15, 0.2) is 11.6 Å². The molecule has 0 radical (unpaired) electrons. The highest BCUT2D eigenvalue weighted by Gasteiger charge is 2.52. The van der Waals surface area contributed by atoms with Crippen molar-refractivity contribution in [3.8, 4) is 5.75 Å². The van der Waals surface area contributed by atoms with Gasteiger partial charge in [0.1, 0.15) is 5.82 Å². The SMILES string of the molecule is CS(=O)(=O)NC1CCN2C(=O)C(F)(F)Oc3c(F)cc(F)cc3C3CCC(CC3)OCC12. The van der Waals surface area contributed by atoms with E-state index in [9.17, 15) is 30.8 Å². The van der Waals surface area contributed by atoms with Gasteiger partial charge in [-0.15, -0.1) is 0 Å². The second kappa shape index (κ2) is 8.45. The van der Waals surface area contributed by atoms with Crippen LogP contribution < -0.4 is 9.46 Å². The quantitative estimate of drug-likeness (QED) is 0.658. The van der Waals surface area contributed by atoms with Crippen molar-refractivity contribution < 1.29 is 40.2 Å². The smallest absolute Gasteiger partial charge is 0.422 e. The highest BCUT2D eigenvalue weighted by molar-refractivity contribution is 7.88. The van der Waals surface area contributed by atoms with E-state index >= 15 is 0 Å². The minimum absolute atomic E-state index is 0.0396. The molecule has 1 aromatic rings. The predicted octanol–water partition coefficient (Wildman–Crippen LogP) is 2.51. The fourth-order valence-electron chi connectivity index (χ4n) is 4.83. The third kappa shape index (κ3) is 4.72. The van der Waals surface area contributed by atoms with E-state index in [-0.39, 0.29) is 31.2 Å². The zero-order chi connectivity index (χ0) is 23.3. The molecule has 3 aliphatic heterocycles. The van der Waals surface area contributed by atoms with Crippen LogP contribution in [-0.2, 0) is 19.6 Å². The van der Waals surface area contributed by atoms with Crippen molar-refractivity contribution in [3.63, 3.8) is 0 Å². The van der Waals surface area contributed by atoms with Gasteiger partial charge in [0.25, 0.3) is 0 Å². The molecule has 2 fully saturated rings. The van der Waals surface area contributed by atoms with Crippen LogP contribution in [0.15, 0.2) is 12.1 Å². The van der Waals surface area contributed by atoms with Crippen molar-refractivity contribution in [2.24, 2.45) is 0 Å². The molecule has 3 heterocycles. The number of carbonyl (C=O) groups is 1. The zero-order valence-corrected chi connectivity index (χ0v) is 18.1. The maximum absolute atomic E-state index is 14.9. The Bertz CT molecular complexity index is 998. The molecule has 0 spiro atoms. The number of halogens is 4. The van der Waals surface area contributed by atoms with Gasteiger partial charge in [-0.3, -0.25) is 4.79 Å². The monoisotopic (exact) mass is 480 g/mol. The average molecular weight is 480 g/mol. The number of fused-ring (bicyclic) bond motifs is 5. The van der Waals surface area contributed by atoms with E-state index in [0.29, 0.717) is 31.7 Å². The fourth-order valence-corrected chi connectivity index (χ4v) is 5.65. The van der Waals surface area contributed by atoms with E-state index in [0.717, 1.165) is 17.2 Å². The topological polar surface area (TPSA) is 84.9 Å². The lowest BCUT2D eigenvalue weighted by molar-refractivity contribution is -0.206. The molecule has 0 aromatic heterocycles. The lowest BCUT2D eigenvalue weighted by Gasteiger charge is -2.32. The van der Waals surface area contributed by atoms with E-state index in [1.165, 1.54) is 0 Å². The molecule has 1 saturated heterocycles. The average Bonchev–Trinajstić information content (AvgIpc) is 3.08. The minimum atomic E-state index is -4.45. The Balaban J connectivity index is 1.73. The van der Waals surface area contributed by atoms with Crippen LogP contribution in [0.5, 0.6) is 5.75 Å². The number of nitrogens with one attached hydrogen (secondary N) is 1. The summed E-state index contributed by atoms with van der Waals surface area (Å²) in [6, 6.07) is -0.390. The molecular formula is C20H24F4N2O5S. The highest BCUT2D eigenvalue weighted by atomic mass is 32.2.